The maximum atomic E-state index is 11.9. The third-order valence-electron chi connectivity index (χ3n) is 3.26. The zero-order valence-electron chi connectivity index (χ0n) is 10.3. The highest BCUT2D eigenvalue weighted by Gasteiger charge is 2.13. The van der Waals surface area contributed by atoms with Gasteiger partial charge in [0.1, 0.15) is 0 Å². The SMILES string of the molecule is CCn1ccnc(NCCC2CCNC2)c1=O. The van der Waals surface area contributed by atoms with Crippen molar-refractivity contribution in [2.75, 3.05) is 25.0 Å². The molecule has 2 rings (SSSR count). The Hall–Kier alpha value is -1.36. The molecule has 1 fully saturated rings. The number of nitrogens with one attached hydrogen (secondary N) is 2. The smallest absolute Gasteiger partial charge is 0.293 e. The van der Waals surface area contributed by atoms with Gasteiger partial charge < -0.3 is 15.2 Å². The van der Waals surface area contributed by atoms with Gasteiger partial charge in [-0.2, -0.15) is 0 Å². The van der Waals surface area contributed by atoms with Gasteiger partial charge in [0, 0.05) is 25.5 Å². The Kier molecular flexibility index (Phi) is 4.14. The molecule has 0 amide bonds. The normalized spacial score (nSPS) is 19.5. The van der Waals surface area contributed by atoms with Crippen molar-refractivity contribution in [2.45, 2.75) is 26.3 Å². The summed E-state index contributed by atoms with van der Waals surface area (Å²) in [5.41, 5.74) is -0.0282. The number of hydrogen-bond acceptors (Lipinski definition) is 4. The Labute approximate surface area is 101 Å². The summed E-state index contributed by atoms with van der Waals surface area (Å²) in [6.07, 6.45) is 5.72. The number of aromatic nitrogens is 2. The van der Waals surface area contributed by atoms with Gasteiger partial charge in [0.25, 0.3) is 5.56 Å². The van der Waals surface area contributed by atoms with Crippen LogP contribution < -0.4 is 16.2 Å². The molecule has 1 aromatic rings. The van der Waals surface area contributed by atoms with Crippen molar-refractivity contribution in [3.63, 3.8) is 0 Å². The van der Waals surface area contributed by atoms with Gasteiger partial charge >= 0.3 is 0 Å². The van der Waals surface area contributed by atoms with Crippen molar-refractivity contribution in [3.8, 4) is 0 Å². The van der Waals surface area contributed by atoms with Crippen LogP contribution in [0.3, 0.4) is 0 Å². The topological polar surface area (TPSA) is 59.0 Å². The van der Waals surface area contributed by atoms with Gasteiger partial charge in [0.2, 0.25) is 0 Å². The summed E-state index contributed by atoms with van der Waals surface area (Å²) in [4.78, 5) is 15.9. The Morgan fingerprint density at radius 1 is 1.65 bits per heavy atom. The third-order valence-corrected chi connectivity index (χ3v) is 3.26. The Bertz CT molecular complexity index is 409. The van der Waals surface area contributed by atoms with E-state index in [0.29, 0.717) is 12.4 Å². The van der Waals surface area contributed by atoms with Crippen LogP contribution in [-0.4, -0.2) is 29.2 Å². The van der Waals surface area contributed by atoms with E-state index in [4.69, 9.17) is 0 Å². The van der Waals surface area contributed by atoms with E-state index in [9.17, 15) is 4.79 Å². The molecule has 1 aliphatic rings. The first-order valence-electron chi connectivity index (χ1n) is 6.31. The molecule has 0 aromatic carbocycles. The van der Waals surface area contributed by atoms with Gasteiger partial charge in [-0.25, -0.2) is 4.98 Å². The lowest BCUT2D eigenvalue weighted by Crippen LogP contribution is -2.24. The molecule has 94 valence electrons. The number of hydrogen-bond donors (Lipinski definition) is 2. The fourth-order valence-corrected chi connectivity index (χ4v) is 2.17. The van der Waals surface area contributed by atoms with Crippen molar-refractivity contribution in [3.05, 3.63) is 22.7 Å². The summed E-state index contributed by atoms with van der Waals surface area (Å²) in [5, 5.41) is 6.48. The molecule has 2 heterocycles. The van der Waals surface area contributed by atoms with Crippen LogP contribution in [0.1, 0.15) is 19.8 Å². The molecule has 2 N–H and O–H groups in total. The van der Waals surface area contributed by atoms with Crippen LogP contribution in [-0.2, 0) is 6.54 Å². The Morgan fingerprint density at radius 3 is 3.24 bits per heavy atom. The van der Waals surface area contributed by atoms with Crippen LogP contribution in [0, 0.1) is 5.92 Å². The molecule has 0 saturated carbocycles. The van der Waals surface area contributed by atoms with Crippen molar-refractivity contribution in [1.29, 1.82) is 0 Å². The number of anilines is 1. The molecule has 1 aliphatic heterocycles. The second-order valence-corrected chi connectivity index (χ2v) is 4.44. The molecule has 1 atom stereocenters. The van der Waals surface area contributed by atoms with E-state index in [1.54, 1.807) is 17.0 Å². The van der Waals surface area contributed by atoms with E-state index < -0.39 is 0 Å². The molecule has 5 heteroatoms. The summed E-state index contributed by atoms with van der Waals surface area (Å²) in [5.74, 6) is 1.21. The molecule has 5 nitrogen and oxygen atoms in total. The summed E-state index contributed by atoms with van der Waals surface area (Å²) in [6.45, 7) is 5.68. The highest BCUT2D eigenvalue weighted by Crippen LogP contribution is 2.11. The van der Waals surface area contributed by atoms with E-state index in [2.05, 4.69) is 15.6 Å². The van der Waals surface area contributed by atoms with Crippen LogP contribution in [0.5, 0.6) is 0 Å². The molecule has 0 spiro atoms. The van der Waals surface area contributed by atoms with E-state index in [0.717, 1.165) is 32.0 Å². The third kappa shape index (κ3) is 3.06. The average Bonchev–Trinajstić information content (AvgIpc) is 2.84. The largest absolute Gasteiger partial charge is 0.365 e. The van der Waals surface area contributed by atoms with Crippen LogP contribution in [0.15, 0.2) is 17.2 Å². The van der Waals surface area contributed by atoms with Crippen LogP contribution in [0.4, 0.5) is 5.82 Å². The van der Waals surface area contributed by atoms with Gasteiger partial charge in [-0.05, 0) is 38.8 Å². The molecular weight excluding hydrogens is 216 g/mol. The highest BCUT2D eigenvalue weighted by atomic mass is 16.1. The second kappa shape index (κ2) is 5.82. The summed E-state index contributed by atoms with van der Waals surface area (Å²) in [7, 11) is 0. The average molecular weight is 236 g/mol. The summed E-state index contributed by atoms with van der Waals surface area (Å²) < 4.78 is 1.66. The standard InChI is InChI=1S/C12H20N4O/c1-2-16-8-7-15-11(12(16)17)14-6-4-10-3-5-13-9-10/h7-8,10,13H,2-6,9H2,1H3,(H,14,15). The zero-order valence-corrected chi connectivity index (χ0v) is 10.3. The van der Waals surface area contributed by atoms with Crippen molar-refractivity contribution in [2.24, 2.45) is 5.92 Å². The van der Waals surface area contributed by atoms with Crippen molar-refractivity contribution >= 4 is 5.82 Å². The second-order valence-electron chi connectivity index (χ2n) is 4.44. The molecule has 17 heavy (non-hydrogen) atoms. The number of aryl methyl sites for hydroxylation is 1. The zero-order chi connectivity index (χ0) is 12.1. The van der Waals surface area contributed by atoms with Crippen molar-refractivity contribution < 1.29 is 0 Å². The minimum Gasteiger partial charge on any atom is -0.365 e. The van der Waals surface area contributed by atoms with Gasteiger partial charge in [0.15, 0.2) is 5.82 Å². The molecule has 0 radical (unpaired) electrons. The molecule has 0 bridgehead atoms. The predicted molar refractivity (Wildman–Crippen MR) is 68.3 cm³/mol. The number of rotatable bonds is 5. The lowest BCUT2D eigenvalue weighted by atomic mass is 10.1. The minimum atomic E-state index is -0.0282. The van der Waals surface area contributed by atoms with E-state index in [1.807, 2.05) is 6.92 Å². The highest BCUT2D eigenvalue weighted by molar-refractivity contribution is 5.30. The summed E-state index contributed by atoms with van der Waals surface area (Å²) in [6, 6.07) is 0. The van der Waals surface area contributed by atoms with Crippen LogP contribution in [0.25, 0.3) is 0 Å². The fraction of sp³-hybridized carbons (Fsp3) is 0.667. The molecule has 1 aromatic heterocycles. The molecule has 1 saturated heterocycles. The van der Waals surface area contributed by atoms with E-state index in [-0.39, 0.29) is 5.56 Å². The van der Waals surface area contributed by atoms with Crippen molar-refractivity contribution in [1.82, 2.24) is 14.9 Å². The lowest BCUT2D eigenvalue weighted by molar-refractivity contribution is 0.548. The molecule has 0 aliphatic carbocycles. The quantitative estimate of drug-likeness (QED) is 0.789. The maximum absolute atomic E-state index is 11.9. The first-order valence-corrected chi connectivity index (χ1v) is 6.31. The van der Waals surface area contributed by atoms with Gasteiger partial charge in [-0.3, -0.25) is 4.79 Å². The summed E-state index contributed by atoms with van der Waals surface area (Å²) >= 11 is 0. The Balaban J connectivity index is 1.88. The lowest BCUT2D eigenvalue weighted by Gasteiger charge is -2.10. The van der Waals surface area contributed by atoms with Gasteiger partial charge in [-0.15, -0.1) is 0 Å². The first-order chi connectivity index (χ1) is 8.31. The minimum absolute atomic E-state index is 0.0282. The van der Waals surface area contributed by atoms with Crippen LogP contribution >= 0.6 is 0 Å². The van der Waals surface area contributed by atoms with Gasteiger partial charge in [-0.1, -0.05) is 0 Å². The first kappa shape index (κ1) is 12.1. The van der Waals surface area contributed by atoms with E-state index in [1.165, 1.54) is 6.42 Å². The molecule has 1 unspecified atom stereocenters. The van der Waals surface area contributed by atoms with E-state index >= 15 is 0 Å². The van der Waals surface area contributed by atoms with Gasteiger partial charge in [0.05, 0.1) is 0 Å². The maximum Gasteiger partial charge on any atom is 0.293 e. The fourth-order valence-electron chi connectivity index (χ4n) is 2.17. The predicted octanol–water partition coefficient (Wildman–Crippen LogP) is 0.675. The molecular formula is C12H20N4O. The van der Waals surface area contributed by atoms with Crippen LogP contribution in [0.2, 0.25) is 0 Å². The monoisotopic (exact) mass is 236 g/mol. The number of nitrogens with zero attached hydrogens (tertiary/aromatic N) is 2. The Morgan fingerprint density at radius 2 is 2.53 bits per heavy atom.